The first kappa shape index (κ1) is 16.1. The van der Waals surface area contributed by atoms with Crippen LogP contribution in [0.1, 0.15) is 12.5 Å². The molecule has 0 spiro atoms. The van der Waals surface area contributed by atoms with E-state index in [9.17, 15) is 13.9 Å². The van der Waals surface area contributed by atoms with Crippen LogP contribution in [0.5, 0.6) is 0 Å². The van der Waals surface area contributed by atoms with Gasteiger partial charge in [0.2, 0.25) is 0 Å². The van der Waals surface area contributed by atoms with Crippen molar-refractivity contribution in [1.29, 1.82) is 0 Å². The van der Waals surface area contributed by atoms with E-state index in [1.54, 1.807) is 19.1 Å². The van der Waals surface area contributed by atoms with E-state index in [1.165, 1.54) is 0 Å². The predicted molar refractivity (Wildman–Crippen MR) is 83.1 cm³/mol. The molecule has 2 aromatic rings. The molecule has 0 aromatic heterocycles. The van der Waals surface area contributed by atoms with Crippen molar-refractivity contribution in [3.8, 4) is 0 Å². The summed E-state index contributed by atoms with van der Waals surface area (Å²) in [6.45, 7) is 1.99. The van der Waals surface area contributed by atoms with Crippen LogP contribution in [0.15, 0.2) is 42.5 Å². The van der Waals surface area contributed by atoms with Crippen LogP contribution < -0.4 is 5.73 Å². The van der Waals surface area contributed by atoms with Gasteiger partial charge in [-0.25, -0.2) is 4.21 Å². The predicted octanol–water partition coefficient (Wildman–Crippen LogP) is 1.57. The summed E-state index contributed by atoms with van der Waals surface area (Å²) in [5, 5.41) is 11.7. The molecule has 3 atom stereocenters. The van der Waals surface area contributed by atoms with Gasteiger partial charge in [0, 0.05) is 6.61 Å². The first-order valence-electron chi connectivity index (χ1n) is 6.64. The molecule has 0 heterocycles. The molecule has 0 saturated heterocycles. The zero-order chi connectivity index (χ0) is 15.5. The van der Waals surface area contributed by atoms with E-state index >= 15 is 0 Å². The number of ether oxygens (including phenoxy) is 1. The SMILES string of the molecule is CCOC[C@@](c1cccc2ccccc12)([C@@H](N)O)S(=O)O. The molecule has 1 unspecified atom stereocenters. The first-order chi connectivity index (χ1) is 10.0. The molecule has 0 fully saturated rings. The Bertz CT molecular complexity index is 641. The Morgan fingerprint density at radius 1 is 1.29 bits per heavy atom. The number of nitrogens with two attached hydrogens (primary N) is 1. The molecule has 21 heavy (non-hydrogen) atoms. The highest BCUT2D eigenvalue weighted by molar-refractivity contribution is 7.80. The number of aliphatic hydroxyl groups excluding tert-OH is 1. The zero-order valence-electron chi connectivity index (χ0n) is 11.7. The van der Waals surface area contributed by atoms with Gasteiger partial charge in [-0.2, -0.15) is 0 Å². The lowest BCUT2D eigenvalue weighted by Gasteiger charge is -2.33. The van der Waals surface area contributed by atoms with Crippen molar-refractivity contribution in [2.24, 2.45) is 5.73 Å². The number of aliphatic hydroxyl groups is 1. The molecule has 0 aliphatic heterocycles. The van der Waals surface area contributed by atoms with Crippen LogP contribution in [0.2, 0.25) is 0 Å². The van der Waals surface area contributed by atoms with E-state index in [0.717, 1.165) is 10.8 Å². The Labute approximate surface area is 126 Å². The highest BCUT2D eigenvalue weighted by Gasteiger charge is 2.45. The second kappa shape index (κ2) is 6.64. The van der Waals surface area contributed by atoms with Crippen LogP contribution in [0.4, 0.5) is 0 Å². The van der Waals surface area contributed by atoms with E-state index in [4.69, 9.17) is 10.5 Å². The van der Waals surface area contributed by atoms with Crippen LogP contribution in [-0.4, -0.2) is 33.3 Å². The van der Waals surface area contributed by atoms with E-state index in [2.05, 4.69) is 0 Å². The third kappa shape index (κ3) is 2.86. The van der Waals surface area contributed by atoms with Crippen LogP contribution in [0.25, 0.3) is 10.8 Å². The second-order valence-electron chi connectivity index (χ2n) is 4.75. The van der Waals surface area contributed by atoms with Crippen LogP contribution >= 0.6 is 0 Å². The van der Waals surface area contributed by atoms with Gasteiger partial charge in [-0.05, 0) is 23.3 Å². The van der Waals surface area contributed by atoms with Crippen molar-refractivity contribution in [1.82, 2.24) is 0 Å². The molecule has 0 bridgehead atoms. The largest absolute Gasteiger partial charge is 0.380 e. The summed E-state index contributed by atoms with van der Waals surface area (Å²) >= 11 is -2.40. The van der Waals surface area contributed by atoms with Gasteiger partial charge in [-0.1, -0.05) is 42.5 Å². The lowest BCUT2D eigenvalue weighted by atomic mass is 9.92. The second-order valence-corrected chi connectivity index (χ2v) is 5.97. The monoisotopic (exact) mass is 309 g/mol. The quantitative estimate of drug-likeness (QED) is 0.556. The average Bonchev–Trinajstić information content (AvgIpc) is 2.47. The third-order valence-corrected chi connectivity index (χ3v) is 4.76. The van der Waals surface area contributed by atoms with E-state index in [0.29, 0.717) is 12.2 Å². The number of fused-ring (bicyclic) bond motifs is 1. The van der Waals surface area contributed by atoms with E-state index in [1.807, 2.05) is 30.3 Å². The molecule has 5 nitrogen and oxygen atoms in total. The van der Waals surface area contributed by atoms with Crippen LogP contribution in [-0.2, 0) is 20.6 Å². The third-order valence-electron chi connectivity index (χ3n) is 3.56. The van der Waals surface area contributed by atoms with Crippen molar-refractivity contribution in [3.63, 3.8) is 0 Å². The molecule has 0 saturated carbocycles. The minimum absolute atomic E-state index is 0.141. The van der Waals surface area contributed by atoms with Crippen molar-refractivity contribution in [3.05, 3.63) is 48.0 Å². The summed E-state index contributed by atoms with van der Waals surface area (Å²) in [5.74, 6) is 0. The molecule has 4 N–H and O–H groups in total. The smallest absolute Gasteiger partial charge is 0.170 e. The molecule has 0 radical (unpaired) electrons. The molecule has 114 valence electrons. The molecule has 0 aliphatic rings. The van der Waals surface area contributed by atoms with E-state index in [-0.39, 0.29) is 6.61 Å². The summed E-state index contributed by atoms with van der Waals surface area (Å²) in [4.78, 5) is 0. The summed E-state index contributed by atoms with van der Waals surface area (Å²) in [5.41, 5.74) is 6.16. The summed E-state index contributed by atoms with van der Waals surface area (Å²) in [7, 11) is 0. The Morgan fingerprint density at radius 3 is 2.57 bits per heavy atom. The number of rotatable bonds is 6. The normalized spacial score (nSPS) is 17.3. The zero-order valence-corrected chi connectivity index (χ0v) is 12.5. The average molecular weight is 309 g/mol. The molecule has 0 amide bonds. The molecular formula is C15H19NO4S. The van der Waals surface area contributed by atoms with Gasteiger partial charge >= 0.3 is 0 Å². The lowest BCUT2D eigenvalue weighted by Crippen LogP contribution is -2.52. The topological polar surface area (TPSA) is 92.8 Å². The number of hydrogen-bond donors (Lipinski definition) is 3. The minimum Gasteiger partial charge on any atom is -0.380 e. The maximum atomic E-state index is 12.0. The highest BCUT2D eigenvalue weighted by atomic mass is 32.2. The maximum Gasteiger partial charge on any atom is 0.170 e. The fraction of sp³-hybridized carbons (Fsp3) is 0.333. The Kier molecular flexibility index (Phi) is 5.08. The highest BCUT2D eigenvalue weighted by Crippen LogP contribution is 2.35. The minimum atomic E-state index is -2.40. The number of benzene rings is 2. The fourth-order valence-electron chi connectivity index (χ4n) is 2.42. The summed E-state index contributed by atoms with van der Waals surface area (Å²) in [6, 6.07) is 12.8. The molecule has 0 aliphatic carbocycles. The van der Waals surface area contributed by atoms with Crippen molar-refractivity contribution >= 4 is 21.9 Å². The van der Waals surface area contributed by atoms with Gasteiger partial charge in [0.15, 0.2) is 15.8 Å². The summed E-state index contributed by atoms with van der Waals surface area (Å²) in [6.07, 6.45) is -1.53. The Morgan fingerprint density at radius 2 is 1.95 bits per heavy atom. The molecule has 2 aromatic carbocycles. The van der Waals surface area contributed by atoms with Gasteiger partial charge in [0.1, 0.15) is 6.23 Å². The fourth-order valence-corrected chi connectivity index (χ4v) is 3.18. The molecular weight excluding hydrogens is 290 g/mol. The lowest BCUT2D eigenvalue weighted by molar-refractivity contribution is 0.0487. The maximum absolute atomic E-state index is 12.0. The molecule has 2 rings (SSSR count). The number of hydrogen-bond acceptors (Lipinski definition) is 4. The van der Waals surface area contributed by atoms with Crippen molar-refractivity contribution in [2.45, 2.75) is 17.9 Å². The summed E-state index contributed by atoms with van der Waals surface area (Å²) < 4.78 is 25.6. The van der Waals surface area contributed by atoms with Gasteiger partial charge in [0.05, 0.1) is 6.61 Å². The van der Waals surface area contributed by atoms with Gasteiger partial charge in [0.25, 0.3) is 0 Å². The van der Waals surface area contributed by atoms with Crippen LogP contribution in [0, 0.1) is 0 Å². The molecule has 6 heteroatoms. The standard InChI is InChI=1S/C15H19NO4S/c1-2-20-10-15(14(16)17,21(18)19)13-9-5-7-11-6-3-4-8-12(11)13/h3-9,14,17H,2,10,16H2,1H3,(H,18,19)/t14-,15+/m0/s1. The first-order valence-corrected chi connectivity index (χ1v) is 7.75. The Hall–Kier alpha value is -1.31. The Balaban J connectivity index is 2.71. The van der Waals surface area contributed by atoms with Gasteiger partial charge < -0.3 is 20.1 Å². The van der Waals surface area contributed by atoms with Crippen molar-refractivity contribution in [2.75, 3.05) is 13.2 Å². The van der Waals surface area contributed by atoms with Crippen molar-refractivity contribution < 1.29 is 18.6 Å². The van der Waals surface area contributed by atoms with Gasteiger partial charge in [-0.15, -0.1) is 0 Å². The van der Waals surface area contributed by atoms with E-state index < -0.39 is 22.1 Å². The van der Waals surface area contributed by atoms with Crippen LogP contribution in [0.3, 0.4) is 0 Å². The van der Waals surface area contributed by atoms with Gasteiger partial charge in [-0.3, -0.25) is 0 Å².